The van der Waals surface area contributed by atoms with E-state index < -0.39 is 11.9 Å². The molecule has 2 aromatic rings. The number of fused-ring (bicyclic) bond motifs is 1. The molecule has 1 unspecified atom stereocenters. The van der Waals surface area contributed by atoms with E-state index in [9.17, 15) is 14.4 Å². The second kappa shape index (κ2) is 6.92. The van der Waals surface area contributed by atoms with E-state index >= 15 is 0 Å². The summed E-state index contributed by atoms with van der Waals surface area (Å²) in [5.74, 6) is -0.926. The first kappa shape index (κ1) is 17.3. The summed E-state index contributed by atoms with van der Waals surface area (Å²) in [6.07, 6.45) is 3.03. The van der Waals surface area contributed by atoms with Gasteiger partial charge >= 0.3 is 0 Å². The van der Waals surface area contributed by atoms with Gasteiger partial charge in [0.1, 0.15) is 6.04 Å². The molecule has 1 saturated heterocycles. The van der Waals surface area contributed by atoms with Crippen molar-refractivity contribution in [3.8, 4) is 5.69 Å². The predicted molar refractivity (Wildman–Crippen MR) is 93.0 cm³/mol. The first-order valence-corrected chi connectivity index (χ1v) is 8.75. The lowest BCUT2D eigenvalue weighted by Crippen LogP contribution is -2.52. The summed E-state index contributed by atoms with van der Waals surface area (Å²) in [6, 6.07) is 4.77. The van der Waals surface area contributed by atoms with Gasteiger partial charge in [0, 0.05) is 37.6 Å². The van der Waals surface area contributed by atoms with Crippen LogP contribution in [0.1, 0.15) is 34.5 Å². The molecule has 140 valence electrons. The molecule has 0 radical (unpaired) electrons. The van der Waals surface area contributed by atoms with Gasteiger partial charge in [0.25, 0.3) is 5.91 Å². The average Bonchev–Trinajstić information content (AvgIpc) is 3.25. The molecule has 9 heteroatoms. The Morgan fingerprint density at radius 3 is 2.93 bits per heavy atom. The second-order valence-electron chi connectivity index (χ2n) is 6.60. The van der Waals surface area contributed by atoms with Crippen molar-refractivity contribution in [2.75, 3.05) is 13.7 Å². The normalized spacial score (nSPS) is 19.4. The molecule has 1 aromatic carbocycles. The van der Waals surface area contributed by atoms with Crippen molar-refractivity contribution in [1.29, 1.82) is 0 Å². The van der Waals surface area contributed by atoms with Gasteiger partial charge in [-0.3, -0.25) is 19.7 Å². The number of rotatable bonds is 5. The van der Waals surface area contributed by atoms with Gasteiger partial charge in [-0.25, -0.2) is 4.68 Å². The van der Waals surface area contributed by atoms with Crippen LogP contribution in [0.5, 0.6) is 0 Å². The van der Waals surface area contributed by atoms with Crippen molar-refractivity contribution in [2.24, 2.45) is 0 Å². The molecule has 0 bridgehead atoms. The Morgan fingerprint density at radius 2 is 2.15 bits per heavy atom. The molecule has 1 N–H and O–H groups in total. The summed E-state index contributed by atoms with van der Waals surface area (Å²) in [6.45, 7) is 0.844. The lowest BCUT2D eigenvalue weighted by molar-refractivity contribution is -0.136. The number of hydrogen-bond acceptors (Lipinski definition) is 6. The number of hydrogen-bond donors (Lipinski definition) is 1. The molecular formula is C18H19N5O4. The SMILES string of the molecule is COCCc1cn(-c2cccc3c2CN(C2CCC(=O)NC2=O)C3=O)nn1. The smallest absolute Gasteiger partial charge is 0.255 e. The molecule has 2 aliphatic rings. The Hall–Kier alpha value is -3.07. The van der Waals surface area contributed by atoms with Crippen LogP contribution in [0.25, 0.3) is 5.69 Å². The van der Waals surface area contributed by atoms with Gasteiger partial charge in [0.05, 0.1) is 24.2 Å². The van der Waals surface area contributed by atoms with Gasteiger partial charge in [-0.1, -0.05) is 11.3 Å². The summed E-state index contributed by atoms with van der Waals surface area (Å²) in [4.78, 5) is 37.9. The van der Waals surface area contributed by atoms with E-state index in [1.165, 1.54) is 4.90 Å². The number of piperidine rings is 1. The molecule has 1 atom stereocenters. The van der Waals surface area contributed by atoms with E-state index in [2.05, 4.69) is 15.6 Å². The number of methoxy groups -OCH3 is 1. The molecule has 2 aliphatic heterocycles. The number of carbonyl (C=O) groups is 3. The lowest BCUT2D eigenvalue weighted by atomic mass is 10.0. The van der Waals surface area contributed by atoms with Crippen LogP contribution in [0.4, 0.5) is 0 Å². The fourth-order valence-corrected chi connectivity index (χ4v) is 3.52. The first-order chi connectivity index (χ1) is 13.1. The fourth-order valence-electron chi connectivity index (χ4n) is 3.52. The topological polar surface area (TPSA) is 106 Å². The van der Waals surface area contributed by atoms with Crippen molar-refractivity contribution in [2.45, 2.75) is 31.8 Å². The van der Waals surface area contributed by atoms with Gasteiger partial charge in [-0.2, -0.15) is 0 Å². The monoisotopic (exact) mass is 369 g/mol. The molecule has 0 saturated carbocycles. The molecule has 3 heterocycles. The predicted octanol–water partition coefficient (Wildman–Crippen LogP) is 0.217. The Bertz CT molecular complexity index is 922. The van der Waals surface area contributed by atoms with Crippen molar-refractivity contribution in [1.82, 2.24) is 25.2 Å². The maximum absolute atomic E-state index is 12.9. The maximum atomic E-state index is 12.9. The van der Waals surface area contributed by atoms with Crippen molar-refractivity contribution in [3.63, 3.8) is 0 Å². The summed E-state index contributed by atoms with van der Waals surface area (Å²) in [5.41, 5.74) is 2.90. The van der Waals surface area contributed by atoms with E-state index in [4.69, 9.17) is 4.74 Å². The number of amides is 3. The number of nitrogens with one attached hydrogen (secondary N) is 1. The Kier molecular flexibility index (Phi) is 4.44. The highest BCUT2D eigenvalue weighted by Crippen LogP contribution is 2.31. The maximum Gasteiger partial charge on any atom is 0.255 e. The Morgan fingerprint density at radius 1 is 1.30 bits per heavy atom. The highest BCUT2D eigenvalue weighted by atomic mass is 16.5. The van der Waals surface area contributed by atoms with Gasteiger partial charge in [-0.05, 0) is 18.6 Å². The third kappa shape index (κ3) is 3.10. The van der Waals surface area contributed by atoms with Gasteiger partial charge in [0.2, 0.25) is 11.8 Å². The van der Waals surface area contributed by atoms with Crippen LogP contribution >= 0.6 is 0 Å². The minimum Gasteiger partial charge on any atom is -0.384 e. The zero-order chi connectivity index (χ0) is 19.0. The molecule has 0 aliphatic carbocycles. The third-order valence-electron chi connectivity index (χ3n) is 4.91. The highest BCUT2D eigenvalue weighted by molar-refractivity contribution is 6.05. The average molecular weight is 369 g/mol. The zero-order valence-corrected chi connectivity index (χ0v) is 14.8. The van der Waals surface area contributed by atoms with E-state index in [0.717, 1.165) is 16.9 Å². The molecule has 4 rings (SSSR count). The number of benzene rings is 1. The number of ether oxygens (including phenoxy) is 1. The van der Waals surface area contributed by atoms with Gasteiger partial charge < -0.3 is 9.64 Å². The summed E-state index contributed by atoms with van der Waals surface area (Å²) >= 11 is 0. The lowest BCUT2D eigenvalue weighted by Gasteiger charge is -2.29. The molecule has 1 aromatic heterocycles. The van der Waals surface area contributed by atoms with Crippen LogP contribution in [0.2, 0.25) is 0 Å². The molecule has 0 spiro atoms. The zero-order valence-electron chi connectivity index (χ0n) is 14.8. The largest absolute Gasteiger partial charge is 0.384 e. The molecular weight excluding hydrogens is 350 g/mol. The van der Waals surface area contributed by atoms with Gasteiger partial charge in [-0.15, -0.1) is 5.10 Å². The number of aromatic nitrogens is 3. The summed E-state index contributed by atoms with van der Waals surface area (Å²) < 4.78 is 6.70. The molecule has 1 fully saturated rings. The van der Waals surface area contributed by atoms with Crippen LogP contribution in [-0.4, -0.2) is 57.4 Å². The number of imide groups is 1. The molecule has 3 amide bonds. The molecule has 9 nitrogen and oxygen atoms in total. The quantitative estimate of drug-likeness (QED) is 0.756. The number of nitrogens with zero attached hydrogens (tertiary/aromatic N) is 4. The van der Waals surface area contributed by atoms with Crippen LogP contribution in [0.15, 0.2) is 24.4 Å². The summed E-state index contributed by atoms with van der Waals surface area (Å²) in [5, 5.41) is 10.6. The Balaban J connectivity index is 1.62. The standard InChI is InChI=1S/C18H19N5O4/c1-27-8-7-11-9-23(21-20-11)14-4-2-3-12-13(14)10-22(18(12)26)15-5-6-16(24)19-17(15)25/h2-4,9,15H,5-8,10H2,1H3,(H,19,24,25). The third-order valence-corrected chi connectivity index (χ3v) is 4.91. The minimum atomic E-state index is -0.636. The van der Waals surface area contributed by atoms with Crippen molar-refractivity contribution in [3.05, 3.63) is 41.2 Å². The Labute approximate surface area is 155 Å². The van der Waals surface area contributed by atoms with Crippen LogP contribution in [-0.2, 0) is 27.3 Å². The van der Waals surface area contributed by atoms with Crippen LogP contribution in [0.3, 0.4) is 0 Å². The van der Waals surface area contributed by atoms with E-state index in [1.807, 2.05) is 12.3 Å². The van der Waals surface area contributed by atoms with E-state index in [-0.39, 0.29) is 18.2 Å². The minimum absolute atomic E-state index is 0.207. The van der Waals surface area contributed by atoms with Crippen LogP contribution in [0, 0.1) is 0 Å². The van der Waals surface area contributed by atoms with E-state index in [0.29, 0.717) is 31.6 Å². The van der Waals surface area contributed by atoms with E-state index in [1.54, 1.807) is 23.9 Å². The molecule has 27 heavy (non-hydrogen) atoms. The highest BCUT2D eigenvalue weighted by Gasteiger charge is 2.40. The van der Waals surface area contributed by atoms with Gasteiger partial charge in [0.15, 0.2) is 0 Å². The van der Waals surface area contributed by atoms with Crippen molar-refractivity contribution >= 4 is 17.7 Å². The number of carbonyl (C=O) groups excluding carboxylic acids is 3. The summed E-state index contributed by atoms with van der Waals surface area (Å²) in [7, 11) is 1.63. The second-order valence-corrected chi connectivity index (χ2v) is 6.60. The van der Waals surface area contributed by atoms with Crippen LogP contribution < -0.4 is 5.32 Å². The van der Waals surface area contributed by atoms with Crippen molar-refractivity contribution < 1.29 is 19.1 Å². The fraction of sp³-hybridized carbons (Fsp3) is 0.389. The first-order valence-electron chi connectivity index (χ1n) is 8.75.